The maximum atomic E-state index is 9.05. The molecule has 0 aromatic rings. The fraction of sp³-hybridized carbons (Fsp3) is 1.00. The average molecular weight is 244 g/mol. The Morgan fingerprint density at radius 1 is 1.53 bits per heavy atom. The number of ether oxygens (including phenoxy) is 1. The van der Waals surface area contributed by atoms with Gasteiger partial charge >= 0.3 is 0 Å². The van der Waals surface area contributed by atoms with E-state index in [1.54, 1.807) is 0 Å². The number of aliphatic hydroxyl groups is 1. The molecule has 1 heterocycles. The molecule has 0 radical (unpaired) electrons. The lowest BCUT2D eigenvalue weighted by Gasteiger charge is -2.26. The number of nitrogens with one attached hydrogen (secondary N) is 1. The minimum Gasteiger partial charge on any atom is -0.396 e. The summed E-state index contributed by atoms with van der Waals surface area (Å²) in [5.41, 5.74) is 0. The normalized spacial score (nSPS) is 22.2. The van der Waals surface area contributed by atoms with Gasteiger partial charge in [-0.1, -0.05) is 6.92 Å². The van der Waals surface area contributed by atoms with E-state index in [1.807, 2.05) is 0 Å². The molecule has 102 valence electrons. The molecule has 4 heteroatoms. The first kappa shape index (κ1) is 14.9. The summed E-state index contributed by atoms with van der Waals surface area (Å²) in [5.74, 6) is 0. The van der Waals surface area contributed by atoms with Gasteiger partial charge < -0.3 is 20.1 Å². The predicted molar refractivity (Wildman–Crippen MR) is 70.3 cm³/mol. The topological polar surface area (TPSA) is 44.7 Å². The smallest absolute Gasteiger partial charge is 0.0702 e. The van der Waals surface area contributed by atoms with Crippen LogP contribution in [0.1, 0.15) is 32.6 Å². The summed E-state index contributed by atoms with van der Waals surface area (Å²) < 4.78 is 5.63. The standard InChI is InChI=1S/C13H28N2O2/c1-3-7-14-12(6-8-16)10-15(2)11-13-5-4-9-17-13/h12-14,16H,3-11H2,1-2H3. The molecule has 2 atom stereocenters. The fourth-order valence-corrected chi connectivity index (χ4v) is 2.35. The molecule has 0 aromatic carbocycles. The van der Waals surface area contributed by atoms with Gasteiger partial charge in [0.25, 0.3) is 0 Å². The lowest BCUT2D eigenvalue weighted by molar-refractivity contribution is 0.0773. The molecule has 2 N–H and O–H groups in total. The van der Waals surface area contributed by atoms with Gasteiger partial charge in [-0.05, 0) is 39.3 Å². The second-order valence-corrected chi connectivity index (χ2v) is 5.02. The second-order valence-electron chi connectivity index (χ2n) is 5.02. The van der Waals surface area contributed by atoms with E-state index in [1.165, 1.54) is 12.8 Å². The maximum Gasteiger partial charge on any atom is 0.0702 e. The van der Waals surface area contributed by atoms with Crippen LogP contribution in [0.25, 0.3) is 0 Å². The Morgan fingerprint density at radius 3 is 2.94 bits per heavy atom. The highest BCUT2D eigenvalue weighted by atomic mass is 16.5. The van der Waals surface area contributed by atoms with Crippen molar-refractivity contribution < 1.29 is 9.84 Å². The van der Waals surface area contributed by atoms with Crippen LogP contribution >= 0.6 is 0 Å². The van der Waals surface area contributed by atoms with Gasteiger partial charge in [0, 0.05) is 32.3 Å². The zero-order valence-electron chi connectivity index (χ0n) is 11.3. The van der Waals surface area contributed by atoms with Crippen molar-refractivity contribution in [2.45, 2.75) is 44.8 Å². The van der Waals surface area contributed by atoms with Gasteiger partial charge in [-0.15, -0.1) is 0 Å². The lowest BCUT2D eigenvalue weighted by atomic mass is 10.1. The van der Waals surface area contributed by atoms with Crippen molar-refractivity contribution >= 4 is 0 Å². The summed E-state index contributed by atoms with van der Waals surface area (Å²) in [6.07, 6.45) is 4.78. The van der Waals surface area contributed by atoms with Crippen LogP contribution in [-0.4, -0.2) is 62.0 Å². The Bertz CT molecular complexity index is 184. The molecule has 0 saturated carbocycles. The summed E-state index contributed by atoms with van der Waals surface area (Å²) in [6, 6.07) is 0.395. The van der Waals surface area contributed by atoms with Crippen molar-refractivity contribution in [3.63, 3.8) is 0 Å². The van der Waals surface area contributed by atoms with Gasteiger partial charge in [0.2, 0.25) is 0 Å². The van der Waals surface area contributed by atoms with Crippen LogP contribution < -0.4 is 5.32 Å². The van der Waals surface area contributed by atoms with E-state index in [9.17, 15) is 0 Å². The molecule has 0 spiro atoms. The third-order valence-corrected chi connectivity index (χ3v) is 3.23. The molecular weight excluding hydrogens is 216 g/mol. The van der Waals surface area contributed by atoms with Crippen molar-refractivity contribution in [1.82, 2.24) is 10.2 Å². The molecule has 1 aliphatic heterocycles. The Kier molecular flexibility index (Phi) is 7.77. The van der Waals surface area contributed by atoms with Crippen molar-refractivity contribution in [1.29, 1.82) is 0 Å². The minimum absolute atomic E-state index is 0.259. The van der Waals surface area contributed by atoms with Crippen molar-refractivity contribution in [3.8, 4) is 0 Å². The summed E-state index contributed by atoms with van der Waals surface area (Å²) >= 11 is 0. The van der Waals surface area contributed by atoms with Crippen LogP contribution in [0.3, 0.4) is 0 Å². The SMILES string of the molecule is CCCNC(CCO)CN(C)CC1CCCO1. The van der Waals surface area contributed by atoms with Crippen molar-refractivity contribution in [2.75, 3.05) is 39.9 Å². The first-order valence-electron chi connectivity index (χ1n) is 6.90. The zero-order valence-corrected chi connectivity index (χ0v) is 11.3. The Balaban J connectivity index is 2.21. The van der Waals surface area contributed by atoms with Crippen LogP contribution in [0.4, 0.5) is 0 Å². The highest BCUT2D eigenvalue weighted by Crippen LogP contribution is 2.12. The van der Waals surface area contributed by atoms with Crippen LogP contribution in [0, 0.1) is 0 Å². The van der Waals surface area contributed by atoms with E-state index in [-0.39, 0.29) is 6.61 Å². The molecule has 1 saturated heterocycles. The molecule has 0 aliphatic carbocycles. The number of aliphatic hydroxyl groups excluding tert-OH is 1. The maximum absolute atomic E-state index is 9.05. The van der Waals surface area contributed by atoms with Crippen LogP contribution in [0.2, 0.25) is 0 Å². The van der Waals surface area contributed by atoms with Gasteiger partial charge in [-0.25, -0.2) is 0 Å². The predicted octanol–water partition coefficient (Wildman–Crippen LogP) is 0.848. The molecule has 0 bridgehead atoms. The Morgan fingerprint density at radius 2 is 2.35 bits per heavy atom. The van der Waals surface area contributed by atoms with Gasteiger partial charge in [0.05, 0.1) is 6.10 Å². The molecular formula is C13H28N2O2. The van der Waals surface area contributed by atoms with E-state index in [2.05, 4.69) is 24.2 Å². The quantitative estimate of drug-likeness (QED) is 0.631. The zero-order chi connectivity index (χ0) is 12.5. The van der Waals surface area contributed by atoms with E-state index >= 15 is 0 Å². The fourth-order valence-electron chi connectivity index (χ4n) is 2.35. The molecule has 1 rings (SSSR count). The monoisotopic (exact) mass is 244 g/mol. The van der Waals surface area contributed by atoms with Gasteiger partial charge in [0.1, 0.15) is 0 Å². The van der Waals surface area contributed by atoms with E-state index in [0.717, 1.165) is 39.1 Å². The van der Waals surface area contributed by atoms with Gasteiger partial charge in [-0.3, -0.25) is 0 Å². The Labute approximate surface area is 105 Å². The minimum atomic E-state index is 0.259. The summed E-state index contributed by atoms with van der Waals surface area (Å²) in [5, 5.41) is 12.5. The lowest BCUT2D eigenvalue weighted by Crippen LogP contribution is -2.42. The van der Waals surface area contributed by atoms with Crippen LogP contribution in [0.15, 0.2) is 0 Å². The summed E-state index contributed by atoms with van der Waals surface area (Å²) in [4.78, 5) is 2.32. The van der Waals surface area contributed by atoms with E-state index in [0.29, 0.717) is 12.1 Å². The number of hydrogen-bond acceptors (Lipinski definition) is 4. The summed E-state index contributed by atoms with van der Waals surface area (Å²) in [6.45, 7) is 6.37. The molecule has 4 nitrogen and oxygen atoms in total. The number of rotatable bonds is 9. The molecule has 17 heavy (non-hydrogen) atoms. The second kappa shape index (κ2) is 8.86. The highest BCUT2D eigenvalue weighted by Gasteiger charge is 2.19. The van der Waals surface area contributed by atoms with E-state index in [4.69, 9.17) is 9.84 Å². The van der Waals surface area contributed by atoms with E-state index < -0.39 is 0 Å². The highest BCUT2D eigenvalue weighted by molar-refractivity contribution is 4.74. The molecule has 1 aliphatic rings. The molecule has 0 aromatic heterocycles. The first-order valence-corrected chi connectivity index (χ1v) is 6.90. The third-order valence-electron chi connectivity index (χ3n) is 3.23. The van der Waals surface area contributed by atoms with Gasteiger partial charge in [-0.2, -0.15) is 0 Å². The average Bonchev–Trinajstić information content (AvgIpc) is 2.78. The number of nitrogens with zero attached hydrogens (tertiary/aromatic N) is 1. The van der Waals surface area contributed by atoms with Gasteiger partial charge in [0.15, 0.2) is 0 Å². The molecule has 1 fully saturated rings. The van der Waals surface area contributed by atoms with Crippen LogP contribution in [0.5, 0.6) is 0 Å². The van der Waals surface area contributed by atoms with Crippen LogP contribution in [-0.2, 0) is 4.74 Å². The molecule has 2 unspecified atom stereocenters. The molecule has 0 amide bonds. The third kappa shape index (κ3) is 6.36. The first-order chi connectivity index (χ1) is 8.26. The largest absolute Gasteiger partial charge is 0.396 e. The Hall–Kier alpha value is -0.160. The van der Waals surface area contributed by atoms with Crippen molar-refractivity contribution in [3.05, 3.63) is 0 Å². The number of hydrogen-bond donors (Lipinski definition) is 2. The van der Waals surface area contributed by atoms with Crippen molar-refractivity contribution in [2.24, 2.45) is 0 Å². The number of likely N-dealkylation sites (N-methyl/N-ethyl adjacent to an activating group) is 1. The summed E-state index contributed by atoms with van der Waals surface area (Å²) in [7, 11) is 2.14.